The number of fused-ring (bicyclic) bond motifs is 1. The van der Waals surface area contributed by atoms with E-state index in [9.17, 15) is 4.79 Å². The molecule has 100 valence electrons. The van der Waals surface area contributed by atoms with Gasteiger partial charge in [0, 0.05) is 18.7 Å². The molecular formula is C14H17N3O2. The molecule has 2 aromatic rings. The van der Waals surface area contributed by atoms with Crippen molar-refractivity contribution in [1.29, 1.82) is 0 Å². The monoisotopic (exact) mass is 259 g/mol. The van der Waals surface area contributed by atoms with E-state index in [1.807, 2.05) is 16.7 Å². The smallest absolute Gasteiger partial charge is 0.340 e. The van der Waals surface area contributed by atoms with Crippen LogP contribution >= 0.6 is 0 Å². The largest absolute Gasteiger partial charge is 0.465 e. The number of imidazole rings is 1. The van der Waals surface area contributed by atoms with Crippen molar-refractivity contribution in [2.45, 2.75) is 18.8 Å². The van der Waals surface area contributed by atoms with Crippen molar-refractivity contribution in [3.05, 3.63) is 35.9 Å². The van der Waals surface area contributed by atoms with Gasteiger partial charge < -0.3 is 14.5 Å². The van der Waals surface area contributed by atoms with Crippen molar-refractivity contribution in [2.75, 3.05) is 20.2 Å². The van der Waals surface area contributed by atoms with Gasteiger partial charge in [0.25, 0.3) is 0 Å². The van der Waals surface area contributed by atoms with Crippen molar-refractivity contribution < 1.29 is 9.53 Å². The highest BCUT2D eigenvalue weighted by Gasteiger charge is 2.21. The molecule has 1 N–H and O–H groups in total. The maximum Gasteiger partial charge on any atom is 0.340 e. The van der Waals surface area contributed by atoms with Gasteiger partial charge in [0.05, 0.1) is 24.4 Å². The molecule has 5 heteroatoms. The van der Waals surface area contributed by atoms with Gasteiger partial charge in [-0.25, -0.2) is 9.78 Å². The predicted molar refractivity (Wildman–Crippen MR) is 71.4 cm³/mol. The van der Waals surface area contributed by atoms with E-state index in [1.54, 1.807) is 12.3 Å². The van der Waals surface area contributed by atoms with Gasteiger partial charge in [0.15, 0.2) is 0 Å². The number of rotatable bonds is 2. The summed E-state index contributed by atoms with van der Waals surface area (Å²) in [7, 11) is 1.40. The summed E-state index contributed by atoms with van der Waals surface area (Å²) in [6, 6.07) is 3.63. The van der Waals surface area contributed by atoms with Crippen LogP contribution in [0.15, 0.2) is 24.5 Å². The molecule has 0 aromatic carbocycles. The Morgan fingerprint density at radius 1 is 1.58 bits per heavy atom. The van der Waals surface area contributed by atoms with Gasteiger partial charge in [-0.05, 0) is 31.5 Å². The molecule has 0 aliphatic carbocycles. The Balaban J connectivity index is 2.05. The second-order valence-corrected chi connectivity index (χ2v) is 4.83. The van der Waals surface area contributed by atoms with Gasteiger partial charge in [-0.1, -0.05) is 0 Å². The fraction of sp³-hybridized carbons (Fsp3) is 0.429. The molecule has 0 bridgehead atoms. The fourth-order valence-corrected chi connectivity index (χ4v) is 2.70. The molecular weight excluding hydrogens is 242 g/mol. The van der Waals surface area contributed by atoms with E-state index < -0.39 is 0 Å². The van der Waals surface area contributed by atoms with E-state index in [0.717, 1.165) is 37.3 Å². The lowest BCUT2D eigenvalue weighted by Gasteiger charge is -2.21. The summed E-state index contributed by atoms with van der Waals surface area (Å²) < 4.78 is 6.81. The van der Waals surface area contributed by atoms with E-state index in [0.29, 0.717) is 11.5 Å². The van der Waals surface area contributed by atoms with Gasteiger partial charge >= 0.3 is 5.97 Å². The first-order valence-corrected chi connectivity index (χ1v) is 6.56. The summed E-state index contributed by atoms with van der Waals surface area (Å²) in [5, 5.41) is 3.39. The average Bonchev–Trinajstić information content (AvgIpc) is 2.91. The summed E-state index contributed by atoms with van der Waals surface area (Å²) in [5.74, 6) is 1.11. The van der Waals surface area contributed by atoms with E-state index in [2.05, 4.69) is 10.3 Å². The number of nitrogens with one attached hydrogen (secondary N) is 1. The summed E-state index contributed by atoms with van der Waals surface area (Å²) in [4.78, 5) is 16.2. The minimum Gasteiger partial charge on any atom is -0.465 e. The summed E-state index contributed by atoms with van der Waals surface area (Å²) in [5.41, 5.74) is 1.38. The van der Waals surface area contributed by atoms with Crippen LogP contribution in [-0.2, 0) is 4.74 Å². The third-order valence-electron chi connectivity index (χ3n) is 3.67. The number of nitrogens with zero attached hydrogens (tertiary/aromatic N) is 2. The van der Waals surface area contributed by atoms with Crippen LogP contribution in [0.5, 0.6) is 0 Å². The number of piperidine rings is 1. The number of aromatic nitrogens is 2. The first kappa shape index (κ1) is 12.2. The van der Waals surface area contributed by atoms with Crippen LogP contribution in [0.1, 0.15) is 34.9 Å². The topological polar surface area (TPSA) is 55.6 Å². The van der Waals surface area contributed by atoms with Gasteiger partial charge in [0.2, 0.25) is 0 Å². The molecule has 1 saturated heterocycles. The molecule has 1 atom stereocenters. The number of pyridine rings is 1. The van der Waals surface area contributed by atoms with Crippen LogP contribution in [-0.4, -0.2) is 35.6 Å². The summed E-state index contributed by atoms with van der Waals surface area (Å²) >= 11 is 0. The number of ether oxygens (including phenoxy) is 1. The second-order valence-electron chi connectivity index (χ2n) is 4.83. The van der Waals surface area contributed by atoms with Crippen LogP contribution in [0.3, 0.4) is 0 Å². The molecule has 0 amide bonds. The lowest BCUT2D eigenvalue weighted by molar-refractivity contribution is 0.0602. The third-order valence-corrected chi connectivity index (χ3v) is 3.67. The molecule has 1 aliphatic heterocycles. The average molecular weight is 259 g/mol. The van der Waals surface area contributed by atoms with E-state index >= 15 is 0 Å². The zero-order valence-electron chi connectivity index (χ0n) is 10.9. The summed E-state index contributed by atoms with van der Waals surface area (Å²) in [6.45, 7) is 2.02. The normalized spacial score (nSPS) is 19.5. The zero-order valence-corrected chi connectivity index (χ0v) is 10.9. The predicted octanol–water partition coefficient (Wildman–Crippen LogP) is 1.59. The Bertz CT molecular complexity index is 600. The molecule has 3 heterocycles. The maximum atomic E-state index is 11.7. The second kappa shape index (κ2) is 5.01. The van der Waals surface area contributed by atoms with Gasteiger partial charge in [-0.15, -0.1) is 0 Å². The molecule has 1 unspecified atom stereocenters. The van der Waals surface area contributed by atoms with Crippen LogP contribution in [0.25, 0.3) is 5.52 Å². The quantitative estimate of drug-likeness (QED) is 0.832. The van der Waals surface area contributed by atoms with Crippen molar-refractivity contribution in [2.24, 2.45) is 0 Å². The molecule has 3 rings (SSSR count). The van der Waals surface area contributed by atoms with Gasteiger partial charge in [-0.3, -0.25) is 0 Å². The number of methoxy groups -OCH3 is 1. The highest BCUT2D eigenvalue weighted by molar-refractivity contribution is 5.96. The number of carbonyl (C=O) groups excluding carboxylic acids is 1. The summed E-state index contributed by atoms with van der Waals surface area (Å²) in [6.07, 6.45) is 6.01. The number of carbonyl (C=O) groups is 1. The Morgan fingerprint density at radius 3 is 3.21 bits per heavy atom. The zero-order chi connectivity index (χ0) is 13.2. The lowest BCUT2D eigenvalue weighted by Crippen LogP contribution is -2.29. The van der Waals surface area contributed by atoms with Crippen LogP contribution in [0.2, 0.25) is 0 Å². The Hall–Kier alpha value is -1.88. The molecule has 5 nitrogen and oxygen atoms in total. The molecule has 19 heavy (non-hydrogen) atoms. The van der Waals surface area contributed by atoms with Crippen LogP contribution in [0.4, 0.5) is 0 Å². The first-order chi connectivity index (χ1) is 9.31. The van der Waals surface area contributed by atoms with Crippen molar-refractivity contribution in [3.63, 3.8) is 0 Å². The minimum atomic E-state index is -0.321. The van der Waals surface area contributed by atoms with Crippen LogP contribution in [0, 0.1) is 0 Å². The van der Waals surface area contributed by atoms with E-state index in [-0.39, 0.29) is 5.97 Å². The molecule has 0 saturated carbocycles. The number of esters is 1. The third kappa shape index (κ3) is 2.10. The lowest BCUT2D eigenvalue weighted by atomic mass is 9.99. The number of hydrogen-bond donors (Lipinski definition) is 1. The van der Waals surface area contributed by atoms with Crippen molar-refractivity contribution in [1.82, 2.24) is 14.7 Å². The highest BCUT2D eigenvalue weighted by Crippen LogP contribution is 2.24. The maximum absolute atomic E-state index is 11.7. The Kier molecular flexibility index (Phi) is 3.21. The number of hydrogen-bond acceptors (Lipinski definition) is 4. The first-order valence-electron chi connectivity index (χ1n) is 6.56. The highest BCUT2D eigenvalue weighted by atomic mass is 16.5. The molecule has 2 aromatic heterocycles. The molecule has 1 aliphatic rings. The van der Waals surface area contributed by atoms with E-state index in [4.69, 9.17) is 4.74 Å². The molecule has 0 spiro atoms. The van der Waals surface area contributed by atoms with E-state index in [1.165, 1.54) is 7.11 Å². The van der Waals surface area contributed by atoms with Gasteiger partial charge in [-0.2, -0.15) is 0 Å². The van der Waals surface area contributed by atoms with Crippen molar-refractivity contribution >= 4 is 11.5 Å². The van der Waals surface area contributed by atoms with Gasteiger partial charge in [0.1, 0.15) is 5.82 Å². The molecule has 1 fully saturated rings. The minimum absolute atomic E-state index is 0.321. The SMILES string of the molecule is COC(=O)c1cccn2c(C3CCCNC3)ncc12. The van der Waals surface area contributed by atoms with Crippen molar-refractivity contribution in [3.8, 4) is 0 Å². The molecule has 0 radical (unpaired) electrons. The Morgan fingerprint density at radius 2 is 2.47 bits per heavy atom. The standard InChI is InChI=1S/C14H17N3O2/c1-19-14(18)11-5-3-7-17-12(11)9-16-13(17)10-4-2-6-15-8-10/h3,5,7,9-10,15H,2,4,6,8H2,1H3. The van der Waals surface area contributed by atoms with Crippen LogP contribution < -0.4 is 5.32 Å². The fourth-order valence-electron chi connectivity index (χ4n) is 2.70. The Labute approximate surface area is 111 Å².